The number of nitrogens with one attached hydrogen (secondary N) is 1. The Labute approximate surface area is 181 Å². The third kappa shape index (κ3) is 5.48. The summed E-state index contributed by atoms with van der Waals surface area (Å²) >= 11 is 6.37. The Morgan fingerprint density at radius 2 is 1.93 bits per heavy atom. The molecule has 0 bridgehead atoms. The van der Waals surface area contributed by atoms with Gasteiger partial charge < -0.3 is 4.74 Å². The minimum absolute atomic E-state index is 0.149. The van der Waals surface area contributed by atoms with E-state index in [-0.39, 0.29) is 12.5 Å². The maximum absolute atomic E-state index is 12.2. The second-order valence-corrected chi connectivity index (χ2v) is 7.17. The summed E-state index contributed by atoms with van der Waals surface area (Å²) in [6.07, 6.45) is 3.57. The largest absolute Gasteiger partial charge is 0.483 e. The van der Waals surface area contributed by atoms with Crippen molar-refractivity contribution in [3.05, 3.63) is 71.0 Å². The molecule has 1 amide bonds. The molecule has 1 N–H and O–H groups in total. The Morgan fingerprint density at radius 1 is 1.20 bits per heavy atom. The van der Waals surface area contributed by atoms with Crippen LogP contribution in [-0.4, -0.2) is 28.5 Å². The quantitative estimate of drug-likeness (QED) is 0.394. The minimum Gasteiger partial charge on any atom is -0.483 e. The number of ether oxygens (including phenoxy) is 1. The smallest absolute Gasteiger partial charge is 0.277 e. The molecule has 0 unspecified atom stereocenters. The van der Waals surface area contributed by atoms with Crippen LogP contribution >= 0.6 is 11.6 Å². The number of nitrogens with zero attached hydrogens (tertiary/aromatic N) is 3. The van der Waals surface area contributed by atoms with Crippen LogP contribution in [-0.2, 0) is 11.3 Å². The van der Waals surface area contributed by atoms with E-state index < -0.39 is 0 Å². The topological polar surface area (TPSA) is 68.5 Å². The van der Waals surface area contributed by atoms with Crippen molar-refractivity contribution in [2.24, 2.45) is 5.10 Å². The number of carbonyl (C=O) groups excluding carboxylic acids is 1. The highest BCUT2D eigenvalue weighted by atomic mass is 35.5. The molecule has 0 aliphatic rings. The summed E-state index contributed by atoms with van der Waals surface area (Å²) in [5, 5.41) is 8.94. The molecule has 0 saturated carbocycles. The van der Waals surface area contributed by atoms with Crippen molar-refractivity contribution in [2.45, 2.75) is 33.2 Å². The lowest BCUT2D eigenvalue weighted by Crippen LogP contribution is -2.24. The van der Waals surface area contributed by atoms with Crippen LogP contribution in [0, 0.1) is 6.92 Å². The second kappa shape index (κ2) is 10.6. The molecule has 0 aliphatic heterocycles. The highest BCUT2D eigenvalue weighted by molar-refractivity contribution is 6.32. The zero-order valence-electron chi connectivity index (χ0n) is 17.1. The van der Waals surface area contributed by atoms with Gasteiger partial charge in [-0.3, -0.25) is 9.48 Å². The monoisotopic (exact) mass is 424 g/mol. The van der Waals surface area contributed by atoms with Gasteiger partial charge >= 0.3 is 0 Å². The number of benzene rings is 2. The predicted molar refractivity (Wildman–Crippen MR) is 120 cm³/mol. The van der Waals surface area contributed by atoms with Gasteiger partial charge in [-0.05, 0) is 25.0 Å². The van der Waals surface area contributed by atoms with E-state index in [1.165, 1.54) is 6.21 Å². The van der Waals surface area contributed by atoms with E-state index in [0.29, 0.717) is 16.5 Å². The van der Waals surface area contributed by atoms with E-state index in [1.54, 1.807) is 4.68 Å². The Balaban J connectivity index is 1.58. The van der Waals surface area contributed by atoms with Gasteiger partial charge in [-0.1, -0.05) is 73.5 Å². The molecule has 3 rings (SSSR count). The summed E-state index contributed by atoms with van der Waals surface area (Å²) in [4.78, 5) is 12.2. The lowest BCUT2D eigenvalue weighted by Gasteiger charge is -2.10. The molecule has 0 aliphatic carbocycles. The fourth-order valence-corrected chi connectivity index (χ4v) is 3.27. The molecular weight excluding hydrogens is 400 g/mol. The van der Waals surface area contributed by atoms with Crippen LogP contribution in [0.1, 0.15) is 31.0 Å². The number of unbranched alkanes of at least 4 members (excludes halogenated alkanes) is 1. The fraction of sp³-hybridized carbons (Fsp3) is 0.261. The summed E-state index contributed by atoms with van der Waals surface area (Å²) in [7, 11) is 0. The van der Waals surface area contributed by atoms with Gasteiger partial charge in [0, 0.05) is 12.1 Å². The lowest BCUT2D eigenvalue weighted by molar-refractivity contribution is -0.123. The van der Waals surface area contributed by atoms with Gasteiger partial charge in [-0.15, -0.1) is 0 Å². The number of hydrogen-bond acceptors (Lipinski definition) is 4. The predicted octanol–water partition coefficient (Wildman–Crippen LogP) is 4.84. The molecular formula is C23H25ClN4O2. The van der Waals surface area contributed by atoms with Crippen molar-refractivity contribution in [1.29, 1.82) is 0 Å². The summed E-state index contributed by atoms with van der Waals surface area (Å²) < 4.78 is 7.48. The number of hydrogen-bond donors (Lipinski definition) is 1. The first-order valence-electron chi connectivity index (χ1n) is 9.92. The number of aryl methyl sites for hydroxylation is 2. The number of hydrazone groups is 1. The van der Waals surface area contributed by atoms with Crippen LogP contribution in [0.3, 0.4) is 0 Å². The van der Waals surface area contributed by atoms with Crippen LogP contribution in [0.2, 0.25) is 5.15 Å². The van der Waals surface area contributed by atoms with Crippen LogP contribution in [0.5, 0.6) is 5.75 Å². The van der Waals surface area contributed by atoms with Crippen LogP contribution in [0.15, 0.2) is 59.7 Å². The molecule has 2 aromatic carbocycles. The Hall–Kier alpha value is -3.12. The van der Waals surface area contributed by atoms with E-state index in [4.69, 9.17) is 16.3 Å². The van der Waals surface area contributed by atoms with Gasteiger partial charge in [0.15, 0.2) is 6.61 Å². The number of para-hydroxylation sites is 1. The first-order valence-corrected chi connectivity index (χ1v) is 10.3. The summed E-state index contributed by atoms with van der Waals surface area (Å²) in [6.45, 7) is 4.58. The van der Waals surface area contributed by atoms with Crippen LogP contribution in [0.4, 0.5) is 0 Å². The van der Waals surface area contributed by atoms with Crippen LogP contribution in [0.25, 0.3) is 11.1 Å². The molecule has 0 spiro atoms. The van der Waals surface area contributed by atoms with Crippen molar-refractivity contribution in [3.63, 3.8) is 0 Å². The molecule has 3 aromatic rings. The molecule has 7 heteroatoms. The van der Waals surface area contributed by atoms with E-state index in [1.807, 2.05) is 61.5 Å². The second-order valence-electron chi connectivity index (χ2n) is 6.81. The Morgan fingerprint density at radius 3 is 2.70 bits per heavy atom. The van der Waals surface area contributed by atoms with Crippen molar-refractivity contribution in [3.8, 4) is 16.9 Å². The highest BCUT2D eigenvalue weighted by Gasteiger charge is 2.12. The van der Waals surface area contributed by atoms with Gasteiger partial charge in [0.2, 0.25) is 0 Å². The van der Waals surface area contributed by atoms with Gasteiger partial charge in [0.25, 0.3) is 5.91 Å². The first kappa shape index (κ1) is 21.6. The molecule has 0 fully saturated rings. The molecule has 30 heavy (non-hydrogen) atoms. The van der Waals surface area contributed by atoms with E-state index in [9.17, 15) is 4.79 Å². The molecule has 0 saturated heterocycles. The van der Waals surface area contributed by atoms with Gasteiger partial charge in [0.05, 0.1) is 17.5 Å². The van der Waals surface area contributed by atoms with Crippen LogP contribution < -0.4 is 10.2 Å². The highest BCUT2D eigenvalue weighted by Crippen LogP contribution is 2.29. The standard InChI is InChI=1S/C23H25ClN4O2/c1-3-4-14-28-23(24)20(17(2)27-28)15-25-26-22(29)16-30-21-13-9-8-12-19(21)18-10-6-5-7-11-18/h5-13,15H,3-4,14,16H2,1-2H3,(H,26,29)/b25-15-. The third-order valence-electron chi connectivity index (χ3n) is 4.55. The lowest BCUT2D eigenvalue weighted by atomic mass is 10.1. The maximum atomic E-state index is 12.2. The SMILES string of the molecule is CCCCn1nc(C)c(/C=N\NC(=O)COc2ccccc2-c2ccccc2)c1Cl. The van der Waals surface area contributed by atoms with E-state index >= 15 is 0 Å². The minimum atomic E-state index is -0.360. The molecule has 156 valence electrons. The Kier molecular flexibility index (Phi) is 7.63. The number of rotatable bonds is 9. The number of carbonyl (C=O) groups is 1. The molecule has 6 nitrogen and oxygen atoms in total. The van der Waals surface area contributed by atoms with Crippen molar-refractivity contribution < 1.29 is 9.53 Å². The number of halogens is 1. The zero-order valence-corrected chi connectivity index (χ0v) is 17.9. The summed E-state index contributed by atoms with van der Waals surface area (Å²) in [5.41, 5.74) is 5.89. The summed E-state index contributed by atoms with van der Waals surface area (Å²) in [6, 6.07) is 17.5. The van der Waals surface area contributed by atoms with Gasteiger partial charge in [-0.2, -0.15) is 10.2 Å². The first-order chi connectivity index (χ1) is 14.6. The normalized spacial score (nSPS) is 11.0. The maximum Gasteiger partial charge on any atom is 0.277 e. The number of amides is 1. The van der Waals surface area contributed by atoms with E-state index in [2.05, 4.69) is 22.5 Å². The molecule has 1 aromatic heterocycles. The number of aromatic nitrogens is 2. The summed E-state index contributed by atoms with van der Waals surface area (Å²) in [5.74, 6) is 0.278. The average Bonchev–Trinajstić information content (AvgIpc) is 3.04. The molecule has 0 radical (unpaired) electrons. The van der Waals surface area contributed by atoms with Gasteiger partial charge in [0.1, 0.15) is 10.9 Å². The van der Waals surface area contributed by atoms with E-state index in [0.717, 1.165) is 36.2 Å². The molecule has 0 atom stereocenters. The fourth-order valence-electron chi connectivity index (χ4n) is 2.96. The van der Waals surface area contributed by atoms with Crippen molar-refractivity contribution in [2.75, 3.05) is 6.61 Å². The zero-order chi connectivity index (χ0) is 21.3. The average molecular weight is 425 g/mol. The Bertz CT molecular complexity index is 1020. The molecule has 1 heterocycles. The third-order valence-corrected chi connectivity index (χ3v) is 4.95. The van der Waals surface area contributed by atoms with Crippen molar-refractivity contribution >= 4 is 23.7 Å². The van der Waals surface area contributed by atoms with Gasteiger partial charge in [-0.25, -0.2) is 5.43 Å². The van der Waals surface area contributed by atoms with Crippen molar-refractivity contribution in [1.82, 2.24) is 15.2 Å².